The van der Waals surface area contributed by atoms with Crippen molar-refractivity contribution in [2.45, 2.75) is 47.1 Å². The summed E-state index contributed by atoms with van der Waals surface area (Å²) in [4.78, 5) is 2.53. The van der Waals surface area contributed by atoms with Gasteiger partial charge >= 0.3 is 0 Å². The van der Waals surface area contributed by atoms with E-state index in [1.807, 2.05) is 0 Å². The van der Waals surface area contributed by atoms with Crippen molar-refractivity contribution in [2.24, 2.45) is 17.8 Å². The van der Waals surface area contributed by atoms with Crippen LogP contribution >= 0.6 is 0 Å². The Morgan fingerprint density at radius 1 is 1.33 bits per heavy atom. The summed E-state index contributed by atoms with van der Waals surface area (Å²) in [5.41, 5.74) is 1.67. The fourth-order valence-corrected chi connectivity index (χ4v) is 2.80. The lowest BCUT2D eigenvalue weighted by Crippen LogP contribution is -2.47. The third-order valence-electron chi connectivity index (χ3n) is 3.61. The zero-order chi connectivity index (χ0) is 11.6. The molecule has 1 nitrogen and oxygen atoms in total. The van der Waals surface area contributed by atoms with Crippen molar-refractivity contribution in [2.75, 3.05) is 13.6 Å². The molecule has 1 fully saturated rings. The van der Waals surface area contributed by atoms with Crippen molar-refractivity contribution in [1.29, 1.82) is 0 Å². The van der Waals surface area contributed by atoms with E-state index in [0.717, 1.165) is 23.8 Å². The lowest BCUT2D eigenvalue weighted by Gasteiger charge is -2.46. The number of rotatable bonds is 4. The van der Waals surface area contributed by atoms with Crippen LogP contribution in [0.5, 0.6) is 0 Å². The maximum atomic E-state index is 2.53. The summed E-state index contributed by atoms with van der Waals surface area (Å²) in [7, 11) is 2.27. The van der Waals surface area contributed by atoms with Crippen LogP contribution in [-0.2, 0) is 0 Å². The number of hydrogen-bond donors (Lipinski definition) is 0. The van der Waals surface area contributed by atoms with Gasteiger partial charge in [0.25, 0.3) is 0 Å². The van der Waals surface area contributed by atoms with Crippen LogP contribution in [-0.4, -0.2) is 24.5 Å². The smallest absolute Gasteiger partial charge is 0.0313 e. The minimum Gasteiger partial charge on any atom is -0.299 e. The molecular weight excluding hydrogens is 182 g/mol. The Morgan fingerprint density at radius 3 is 2.33 bits per heavy atom. The van der Waals surface area contributed by atoms with Crippen LogP contribution < -0.4 is 0 Å². The highest BCUT2D eigenvalue weighted by Gasteiger charge is 2.38. The van der Waals surface area contributed by atoms with E-state index in [0.29, 0.717) is 0 Å². The average Bonchev–Trinajstić information content (AvgIpc) is 2.00. The highest BCUT2D eigenvalue weighted by Crippen LogP contribution is 2.41. The number of hydrogen-bond acceptors (Lipinski definition) is 1. The number of nitrogens with zero attached hydrogens (tertiary/aromatic N) is 1. The van der Waals surface area contributed by atoms with Crippen LogP contribution in [0.15, 0.2) is 11.6 Å². The minimum absolute atomic E-state index is 0.727. The molecule has 1 saturated carbocycles. The SMILES string of the molecule is C/C=C1\C(C(C)C)CC1N(C)CC(C)C. The van der Waals surface area contributed by atoms with Crippen LogP contribution in [0.4, 0.5) is 0 Å². The van der Waals surface area contributed by atoms with E-state index in [9.17, 15) is 0 Å². The topological polar surface area (TPSA) is 3.24 Å². The first kappa shape index (κ1) is 12.8. The van der Waals surface area contributed by atoms with Crippen molar-refractivity contribution >= 4 is 0 Å². The molecule has 1 heteroatoms. The molecule has 1 rings (SSSR count). The van der Waals surface area contributed by atoms with E-state index in [1.54, 1.807) is 5.57 Å². The fourth-order valence-electron chi connectivity index (χ4n) is 2.80. The Balaban J connectivity index is 2.54. The molecule has 0 spiro atoms. The van der Waals surface area contributed by atoms with Gasteiger partial charge in [-0.2, -0.15) is 0 Å². The van der Waals surface area contributed by atoms with Crippen LogP contribution in [0.3, 0.4) is 0 Å². The van der Waals surface area contributed by atoms with Gasteiger partial charge in [0.1, 0.15) is 0 Å². The molecule has 1 aliphatic rings. The first-order valence-corrected chi connectivity index (χ1v) is 6.33. The quantitative estimate of drug-likeness (QED) is 0.640. The maximum Gasteiger partial charge on any atom is 0.0313 e. The lowest BCUT2D eigenvalue weighted by molar-refractivity contribution is 0.137. The second-order valence-corrected chi connectivity index (χ2v) is 5.72. The van der Waals surface area contributed by atoms with Gasteiger partial charge in [-0.15, -0.1) is 0 Å². The first-order chi connectivity index (χ1) is 6.97. The molecule has 0 amide bonds. The molecule has 88 valence electrons. The summed E-state index contributed by atoms with van der Waals surface area (Å²) in [5.74, 6) is 2.42. The van der Waals surface area contributed by atoms with Crippen molar-refractivity contribution in [1.82, 2.24) is 4.90 Å². The molecule has 2 atom stereocenters. The Labute approximate surface area is 95.5 Å². The van der Waals surface area contributed by atoms with Crippen molar-refractivity contribution in [3.63, 3.8) is 0 Å². The lowest BCUT2D eigenvalue weighted by atomic mass is 9.68. The van der Waals surface area contributed by atoms with E-state index in [-0.39, 0.29) is 0 Å². The minimum atomic E-state index is 0.727. The second kappa shape index (κ2) is 5.16. The summed E-state index contributed by atoms with van der Waals surface area (Å²) in [6.45, 7) is 12.7. The normalized spacial score (nSPS) is 29.3. The first-order valence-electron chi connectivity index (χ1n) is 6.33. The fraction of sp³-hybridized carbons (Fsp3) is 0.857. The van der Waals surface area contributed by atoms with Crippen molar-refractivity contribution < 1.29 is 0 Å². The summed E-state index contributed by atoms with van der Waals surface area (Å²) >= 11 is 0. The number of allylic oxidation sites excluding steroid dienone is 1. The Bertz CT molecular complexity index is 227. The van der Waals surface area contributed by atoms with Gasteiger partial charge in [0.2, 0.25) is 0 Å². The predicted molar refractivity (Wildman–Crippen MR) is 68.0 cm³/mol. The number of likely N-dealkylation sites (N-methyl/N-ethyl adjacent to an activating group) is 1. The predicted octanol–water partition coefficient (Wildman–Crippen LogP) is 3.57. The summed E-state index contributed by atoms with van der Waals surface area (Å²) in [6, 6.07) is 0.727. The molecule has 0 aromatic rings. The Hall–Kier alpha value is -0.300. The van der Waals surface area contributed by atoms with Gasteiger partial charge in [0.05, 0.1) is 0 Å². The average molecular weight is 209 g/mol. The van der Waals surface area contributed by atoms with E-state index >= 15 is 0 Å². The molecule has 0 N–H and O–H groups in total. The Morgan fingerprint density at radius 2 is 1.93 bits per heavy atom. The molecule has 0 aromatic heterocycles. The second-order valence-electron chi connectivity index (χ2n) is 5.72. The van der Waals surface area contributed by atoms with E-state index in [4.69, 9.17) is 0 Å². The molecule has 0 heterocycles. The maximum absolute atomic E-state index is 2.53. The van der Waals surface area contributed by atoms with Gasteiger partial charge in [-0.3, -0.25) is 4.90 Å². The summed E-state index contributed by atoms with van der Waals surface area (Å²) in [6.07, 6.45) is 3.70. The van der Waals surface area contributed by atoms with Gasteiger partial charge in [0, 0.05) is 12.6 Å². The van der Waals surface area contributed by atoms with Gasteiger partial charge in [-0.05, 0) is 38.1 Å². The van der Waals surface area contributed by atoms with E-state index < -0.39 is 0 Å². The third kappa shape index (κ3) is 2.84. The zero-order valence-corrected chi connectivity index (χ0v) is 11.2. The van der Waals surface area contributed by atoms with Crippen molar-refractivity contribution in [3.05, 3.63) is 11.6 Å². The highest BCUT2D eigenvalue weighted by molar-refractivity contribution is 5.24. The van der Waals surface area contributed by atoms with E-state index in [1.165, 1.54) is 13.0 Å². The van der Waals surface area contributed by atoms with E-state index in [2.05, 4.69) is 52.6 Å². The Kier molecular flexibility index (Phi) is 4.39. The monoisotopic (exact) mass is 209 g/mol. The molecule has 15 heavy (non-hydrogen) atoms. The van der Waals surface area contributed by atoms with Crippen LogP contribution in [0.2, 0.25) is 0 Å². The molecule has 1 aliphatic carbocycles. The molecule has 2 unspecified atom stereocenters. The van der Waals surface area contributed by atoms with Crippen LogP contribution in [0.25, 0.3) is 0 Å². The zero-order valence-electron chi connectivity index (χ0n) is 11.2. The van der Waals surface area contributed by atoms with Crippen molar-refractivity contribution in [3.8, 4) is 0 Å². The van der Waals surface area contributed by atoms with Crippen LogP contribution in [0, 0.1) is 17.8 Å². The molecule has 0 saturated heterocycles. The highest BCUT2D eigenvalue weighted by atomic mass is 15.1. The van der Waals surface area contributed by atoms with Gasteiger partial charge in [-0.25, -0.2) is 0 Å². The largest absolute Gasteiger partial charge is 0.299 e. The van der Waals surface area contributed by atoms with Crippen LogP contribution in [0.1, 0.15) is 41.0 Å². The third-order valence-corrected chi connectivity index (χ3v) is 3.61. The summed E-state index contributed by atoms with van der Waals surface area (Å²) in [5, 5.41) is 0. The molecule has 0 aromatic carbocycles. The van der Waals surface area contributed by atoms with Gasteiger partial charge < -0.3 is 0 Å². The molecule has 0 bridgehead atoms. The standard InChI is InChI=1S/C14H27N/c1-7-12-13(11(4)5)8-14(12)15(6)9-10(2)3/h7,10-11,13-14H,8-9H2,1-6H3/b12-7+. The summed E-state index contributed by atoms with van der Waals surface area (Å²) < 4.78 is 0. The van der Waals surface area contributed by atoms with Gasteiger partial charge in [0.15, 0.2) is 0 Å². The molecular formula is C14H27N. The molecule has 0 radical (unpaired) electrons. The molecule has 0 aliphatic heterocycles. The van der Waals surface area contributed by atoms with Gasteiger partial charge in [-0.1, -0.05) is 39.3 Å².